The topological polar surface area (TPSA) is 58.6 Å². The molecule has 1 aliphatic heterocycles. The molecule has 1 aliphatic rings. The van der Waals surface area contributed by atoms with E-state index in [1.807, 2.05) is 24.3 Å². The third-order valence-electron chi connectivity index (χ3n) is 3.13. The molecule has 4 nitrogen and oxygen atoms in total. The van der Waals surface area contributed by atoms with Gasteiger partial charge in [0.2, 0.25) is 0 Å². The Morgan fingerprint density at radius 3 is 2.61 bits per heavy atom. The van der Waals surface area contributed by atoms with Crippen molar-refractivity contribution in [2.24, 2.45) is 0 Å². The summed E-state index contributed by atoms with van der Waals surface area (Å²) in [5.74, 6) is -2.02. The summed E-state index contributed by atoms with van der Waals surface area (Å²) in [6, 6.07) is 11.3. The Bertz CT molecular complexity index is 638. The van der Waals surface area contributed by atoms with Crippen LogP contribution in [0.3, 0.4) is 0 Å². The van der Waals surface area contributed by atoms with Crippen LogP contribution >= 0.6 is 0 Å². The second-order valence-electron chi connectivity index (χ2n) is 4.28. The Morgan fingerprint density at radius 2 is 1.94 bits per heavy atom. The van der Waals surface area contributed by atoms with Gasteiger partial charge in [0, 0.05) is 12.2 Å². The van der Waals surface area contributed by atoms with Gasteiger partial charge < -0.3 is 9.84 Å². The van der Waals surface area contributed by atoms with E-state index in [0.29, 0.717) is 17.7 Å². The molecular formula is C14H13NO3. The summed E-state index contributed by atoms with van der Waals surface area (Å²) in [5, 5.41) is 14.7. The van der Waals surface area contributed by atoms with Crippen LogP contribution in [0.25, 0.3) is 10.8 Å². The number of fused-ring (bicyclic) bond motifs is 2. The van der Waals surface area contributed by atoms with E-state index < -0.39 is 5.91 Å². The lowest BCUT2D eigenvalue weighted by Crippen LogP contribution is -2.41. The molecular weight excluding hydrogens is 230 g/mol. The molecule has 0 aromatic heterocycles. The summed E-state index contributed by atoms with van der Waals surface area (Å²) in [6.45, 7) is 2.08. The Kier molecular flexibility index (Phi) is 2.36. The molecule has 2 aromatic carbocycles. The second-order valence-corrected chi connectivity index (χ2v) is 4.28. The van der Waals surface area contributed by atoms with E-state index in [1.54, 1.807) is 19.1 Å². The van der Waals surface area contributed by atoms with Crippen molar-refractivity contribution < 1.29 is 14.6 Å². The number of aliphatic hydroxyl groups is 1. The lowest BCUT2D eigenvalue weighted by Gasteiger charge is -2.23. The van der Waals surface area contributed by atoms with Crippen LogP contribution in [0.4, 0.5) is 0 Å². The van der Waals surface area contributed by atoms with Gasteiger partial charge in [-0.1, -0.05) is 24.3 Å². The van der Waals surface area contributed by atoms with Crippen molar-refractivity contribution in [3.63, 3.8) is 0 Å². The first-order valence-electron chi connectivity index (χ1n) is 5.86. The lowest BCUT2D eigenvalue weighted by atomic mass is 10.0. The fourth-order valence-electron chi connectivity index (χ4n) is 2.32. The van der Waals surface area contributed by atoms with Gasteiger partial charge >= 0.3 is 0 Å². The Morgan fingerprint density at radius 1 is 1.28 bits per heavy atom. The molecule has 0 saturated carbocycles. The van der Waals surface area contributed by atoms with Crippen LogP contribution in [-0.2, 0) is 10.6 Å². The molecule has 1 atom stereocenters. The normalized spacial score (nSPS) is 22.0. The van der Waals surface area contributed by atoms with Crippen molar-refractivity contribution >= 4 is 16.7 Å². The number of hydrogen-bond acceptors (Lipinski definition) is 3. The van der Waals surface area contributed by atoms with Crippen LogP contribution in [0.15, 0.2) is 36.4 Å². The van der Waals surface area contributed by atoms with Gasteiger partial charge in [-0.15, -0.1) is 0 Å². The summed E-state index contributed by atoms with van der Waals surface area (Å²) in [6.07, 6.45) is 0. The average molecular weight is 243 g/mol. The molecule has 0 saturated heterocycles. The van der Waals surface area contributed by atoms with Crippen molar-refractivity contribution in [1.82, 2.24) is 5.32 Å². The van der Waals surface area contributed by atoms with Crippen LogP contribution in [0, 0.1) is 0 Å². The quantitative estimate of drug-likeness (QED) is 0.790. The van der Waals surface area contributed by atoms with E-state index in [2.05, 4.69) is 5.32 Å². The van der Waals surface area contributed by atoms with Crippen molar-refractivity contribution in [1.29, 1.82) is 0 Å². The number of amides is 1. The number of hydrogen-bond donors (Lipinski definition) is 2. The third-order valence-corrected chi connectivity index (χ3v) is 3.13. The first-order chi connectivity index (χ1) is 8.64. The van der Waals surface area contributed by atoms with Gasteiger partial charge in [0.15, 0.2) is 0 Å². The van der Waals surface area contributed by atoms with Crippen LogP contribution in [0.5, 0.6) is 0 Å². The van der Waals surface area contributed by atoms with Gasteiger partial charge in [0.1, 0.15) is 0 Å². The van der Waals surface area contributed by atoms with E-state index in [4.69, 9.17) is 4.74 Å². The predicted octanol–water partition coefficient (Wildman–Crippen LogP) is 1.72. The second kappa shape index (κ2) is 3.80. The molecule has 0 radical (unpaired) electrons. The minimum absolute atomic E-state index is 0.309. The van der Waals surface area contributed by atoms with Crippen LogP contribution < -0.4 is 5.32 Å². The third kappa shape index (κ3) is 1.50. The molecule has 2 N–H and O–H groups in total. The highest BCUT2D eigenvalue weighted by molar-refractivity contribution is 6.03. The Labute approximate surface area is 104 Å². The maximum atomic E-state index is 11.8. The van der Waals surface area contributed by atoms with Gasteiger partial charge in [0.25, 0.3) is 11.8 Å². The van der Waals surface area contributed by atoms with Crippen molar-refractivity contribution in [3.05, 3.63) is 47.5 Å². The fraction of sp³-hybridized carbons (Fsp3) is 0.214. The Balaban J connectivity index is 2.25. The zero-order chi connectivity index (χ0) is 12.8. The van der Waals surface area contributed by atoms with E-state index >= 15 is 0 Å². The molecule has 0 bridgehead atoms. The van der Waals surface area contributed by atoms with Gasteiger partial charge in [-0.25, -0.2) is 0 Å². The smallest absolute Gasteiger partial charge is 0.278 e. The molecule has 92 valence electrons. The standard InChI is InChI=1S/C14H13NO3/c1-2-18-14(17)12-8-10-6-4-3-5-9(10)7-11(12)13(16)15-14/h3-8,17H,2H2,1H3,(H,15,16). The Hall–Kier alpha value is -1.91. The van der Waals surface area contributed by atoms with Gasteiger partial charge in [-0.2, -0.15) is 0 Å². The average Bonchev–Trinajstić information content (AvgIpc) is 2.60. The van der Waals surface area contributed by atoms with E-state index in [9.17, 15) is 9.90 Å². The highest BCUT2D eigenvalue weighted by Crippen LogP contribution is 2.33. The van der Waals surface area contributed by atoms with Gasteiger partial charge in [-0.3, -0.25) is 10.1 Å². The number of benzene rings is 2. The molecule has 18 heavy (non-hydrogen) atoms. The summed E-state index contributed by atoms with van der Waals surface area (Å²) >= 11 is 0. The van der Waals surface area contributed by atoms with E-state index in [-0.39, 0.29) is 5.91 Å². The lowest BCUT2D eigenvalue weighted by molar-refractivity contribution is -0.219. The van der Waals surface area contributed by atoms with Crippen LogP contribution in [0.1, 0.15) is 22.8 Å². The zero-order valence-corrected chi connectivity index (χ0v) is 9.93. The molecule has 0 aliphatic carbocycles. The summed E-state index contributed by atoms with van der Waals surface area (Å²) in [5.41, 5.74) is 0.942. The van der Waals surface area contributed by atoms with Gasteiger partial charge in [-0.05, 0) is 29.8 Å². The molecule has 3 rings (SSSR count). The van der Waals surface area contributed by atoms with Crippen molar-refractivity contribution in [2.45, 2.75) is 12.8 Å². The zero-order valence-electron chi connectivity index (χ0n) is 9.93. The van der Waals surface area contributed by atoms with E-state index in [0.717, 1.165) is 10.8 Å². The predicted molar refractivity (Wildman–Crippen MR) is 66.9 cm³/mol. The molecule has 4 heteroatoms. The molecule has 2 aromatic rings. The largest absolute Gasteiger partial charge is 0.345 e. The molecule has 0 spiro atoms. The summed E-state index contributed by atoms with van der Waals surface area (Å²) in [7, 11) is 0. The van der Waals surface area contributed by atoms with Crippen molar-refractivity contribution in [3.8, 4) is 0 Å². The molecule has 1 amide bonds. The molecule has 1 heterocycles. The SMILES string of the molecule is CCOC1(O)NC(=O)c2cc3ccccc3cc21. The first kappa shape index (κ1) is 11.2. The van der Waals surface area contributed by atoms with Gasteiger partial charge in [0.05, 0.1) is 5.56 Å². The first-order valence-corrected chi connectivity index (χ1v) is 5.86. The van der Waals surface area contributed by atoms with Crippen LogP contribution in [0.2, 0.25) is 0 Å². The number of carbonyl (C=O) groups excluding carboxylic acids is 1. The highest BCUT2D eigenvalue weighted by Gasteiger charge is 2.42. The maximum absolute atomic E-state index is 11.8. The van der Waals surface area contributed by atoms with Crippen LogP contribution in [-0.4, -0.2) is 17.6 Å². The number of nitrogens with one attached hydrogen (secondary N) is 1. The summed E-state index contributed by atoms with van der Waals surface area (Å²) in [4.78, 5) is 11.8. The monoisotopic (exact) mass is 243 g/mol. The number of carbonyl (C=O) groups is 1. The maximum Gasteiger partial charge on any atom is 0.278 e. The van der Waals surface area contributed by atoms with E-state index in [1.165, 1.54) is 0 Å². The summed E-state index contributed by atoms with van der Waals surface area (Å²) < 4.78 is 5.26. The molecule has 0 fully saturated rings. The fourth-order valence-corrected chi connectivity index (χ4v) is 2.32. The molecule has 1 unspecified atom stereocenters. The van der Waals surface area contributed by atoms with Crippen molar-refractivity contribution in [2.75, 3.05) is 6.61 Å². The number of ether oxygens (including phenoxy) is 1. The number of rotatable bonds is 2. The highest BCUT2D eigenvalue weighted by atomic mass is 16.6. The minimum Gasteiger partial charge on any atom is -0.345 e. The minimum atomic E-state index is -1.70.